The van der Waals surface area contributed by atoms with E-state index in [4.69, 9.17) is 5.73 Å². The molecule has 70 valence electrons. The number of rotatable bonds is 1. The fourth-order valence-electron chi connectivity index (χ4n) is 0.649. The Kier molecular flexibility index (Phi) is 30.4. The molecular weight excluding hydrogens is 594 g/mol. The predicted octanol–water partition coefficient (Wildman–Crippen LogP) is -4.65. The van der Waals surface area contributed by atoms with Gasteiger partial charge in [-0.15, -0.1) is 0 Å². The molecule has 0 saturated carbocycles. The number of hydrogen-bond donors (Lipinski definition) is 1. The quantitative estimate of drug-likeness (QED) is 0.141. The average Bonchev–Trinajstić information content (AvgIpc) is 1.87. The van der Waals surface area contributed by atoms with Crippen LogP contribution in [0.3, 0.4) is 0 Å². The van der Waals surface area contributed by atoms with Crippen LogP contribution >= 0.6 is 23.5 Å². The molecule has 0 aromatic rings. The summed E-state index contributed by atoms with van der Waals surface area (Å²) in [5.41, 5.74) is 5.61. The summed E-state index contributed by atoms with van der Waals surface area (Å²) in [5, 5.41) is 1.22. The van der Waals surface area contributed by atoms with Crippen LogP contribution in [-0.2, 0) is 18.6 Å². The van der Waals surface area contributed by atoms with Crippen LogP contribution in [0.15, 0.2) is 0 Å². The first-order valence-electron chi connectivity index (χ1n) is 3.26. The summed E-state index contributed by atoms with van der Waals surface area (Å²) in [7, 11) is 0. The third-order valence-corrected chi connectivity index (χ3v) is 7.90. The third-order valence-electron chi connectivity index (χ3n) is 1.13. The van der Waals surface area contributed by atoms with Gasteiger partial charge in [0.05, 0.1) is 0 Å². The molecule has 1 atom stereocenters. The molecule has 1 rings (SSSR count). The van der Waals surface area contributed by atoms with Crippen LogP contribution in [0.2, 0.25) is 0 Å². The summed E-state index contributed by atoms with van der Waals surface area (Å²) in [6.07, 6.45) is 1.31. The topological polar surface area (TPSA) is 26.0 Å². The maximum atomic E-state index is 5.61. The molecule has 0 bridgehead atoms. The van der Waals surface area contributed by atoms with Crippen molar-refractivity contribution in [2.24, 2.45) is 5.73 Å². The smallest absolute Gasteiger partial charge is 0 e. The van der Waals surface area contributed by atoms with Gasteiger partial charge in [-0.25, -0.2) is 0 Å². The van der Waals surface area contributed by atoms with E-state index >= 15 is 0 Å². The first-order valence-corrected chi connectivity index (χ1v) is 8.13. The number of hydrogen-bond acceptors (Lipinski definition) is 3. The molecule has 1 saturated heterocycles. The fraction of sp³-hybridized carbons (Fsp3) is 0.833. The molecule has 1 aliphatic rings. The molecule has 1 aliphatic heterocycles. The minimum atomic E-state index is 0. The van der Waals surface area contributed by atoms with E-state index in [9.17, 15) is 0 Å². The van der Waals surface area contributed by atoms with Crippen LogP contribution in [0.4, 0.5) is 0 Å². The van der Waals surface area contributed by atoms with Crippen molar-refractivity contribution >= 4 is 23.5 Å². The van der Waals surface area contributed by atoms with Crippen molar-refractivity contribution in [1.29, 1.82) is 0 Å². The van der Waals surface area contributed by atoms with Crippen molar-refractivity contribution in [3.8, 4) is 0 Å². The summed E-state index contributed by atoms with van der Waals surface area (Å²) in [6.45, 7) is 0.901. The van der Waals surface area contributed by atoms with Crippen LogP contribution in [0.1, 0.15) is 6.42 Å². The van der Waals surface area contributed by atoms with Crippen LogP contribution in [0, 0.1) is 49.8 Å². The number of thioether (sulfide) groups is 2. The van der Waals surface area contributed by atoms with E-state index in [1.54, 1.807) is 0 Å². The molecular formula is C6H12AcIKNS2V-. The van der Waals surface area contributed by atoms with Gasteiger partial charge in [-0.3, -0.25) is 0 Å². The second-order valence-corrected chi connectivity index (χ2v) is 8.72. The summed E-state index contributed by atoms with van der Waals surface area (Å²) in [6, 6.07) is 0. The Hall–Kier alpha value is 5.05. The zero-order chi connectivity index (χ0) is 7.23. The standard InChI is InChI=1S/C6H12INS2.Ac.K.V/c8-4-6-7-2-1-3-9-5-10-6;;;/h3,6H,1-2,4-5,8H2;;;/q-2;;+1;. The zero-order valence-corrected chi connectivity index (χ0v) is 20.8. The Balaban J connectivity index is -0.000000333. The Morgan fingerprint density at radius 1 is 1.54 bits per heavy atom. The van der Waals surface area contributed by atoms with Gasteiger partial charge >= 0.3 is 133 Å². The van der Waals surface area contributed by atoms with Crippen molar-refractivity contribution in [3.63, 3.8) is 0 Å². The zero-order valence-electron chi connectivity index (χ0n) is 7.78. The molecule has 1 nitrogen and oxygen atoms in total. The van der Waals surface area contributed by atoms with Crippen LogP contribution in [0.5, 0.6) is 0 Å². The van der Waals surface area contributed by atoms with Gasteiger partial charge in [0, 0.05) is 62.6 Å². The molecule has 1 unspecified atom stereocenters. The predicted molar refractivity (Wildman–Crippen MR) is 46.7 cm³/mol. The first-order chi connectivity index (χ1) is 4.93. The first kappa shape index (κ1) is 23.2. The van der Waals surface area contributed by atoms with Gasteiger partial charge in [-0.05, 0) is 0 Å². The van der Waals surface area contributed by atoms with E-state index in [1.165, 1.54) is 15.9 Å². The maximum Gasteiger partial charge on any atom is 1.00 e. The van der Waals surface area contributed by atoms with E-state index < -0.39 is 0 Å². The molecule has 1 fully saturated rings. The summed E-state index contributed by atoms with van der Waals surface area (Å²) in [5.74, 6) is 2.35. The van der Waals surface area contributed by atoms with Gasteiger partial charge in [0.2, 0.25) is 0 Å². The van der Waals surface area contributed by atoms with Crippen molar-refractivity contribution < 1.29 is 135 Å². The summed E-state index contributed by atoms with van der Waals surface area (Å²) in [4.78, 5) is 0. The molecule has 0 spiro atoms. The molecule has 7 heteroatoms. The van der Waals surface area contributed by atoms with E-state index in [0.717, 1.165) is 9.80 Å². The van der Waals surface area contributed by atoms with E-state index in [-0.39, 0.29) is 114 Å². The molecule has 0 amide bonds. The van der Waals surface area contributed by atoms with Gasteiger partial charge in [0.15, 0.2) is 0 Å². The van der Waals surface area contributed by atoms with Gasteiger partial charge in [0.25, 0.3) is 0 Å². The molecule has 2 radical (unpaired) electrons. The molecule has 13 heavy (non-hydrogen) atoms. The SMILES string of the molecule is NCC1SCS[CH-]CC[I-]1.[Ac].[K+].[V]. The minimum Gasteiger partial charge on any atom is 0 e. The van der Waals surface area contributed by atoms with Crippen molar-refractivity contribution in [3.05, 3.63) is 5.75 Å². The van der Waals surface area contributed by atoms with Crippen molar-refractivity contribution in [1.82, 2.24) is 0 Å². The largest absolute Gasteiger partial charge is 1.00 e. The Labute approximate surface area is 191 Å². The number of halogens is 1. The van der Waals surface area contributed by atoms with Crippen LogP contribution in [0.25, 0.3) is 0 Å². The number of alkyl halides is 2. The van der Waals surface area contributed by atoms with Gasteiger partial charge in [0.1, 0.15) is 0 Å². The number of nitrogens with two attached hydrogens (primary N) is 1. The Morgan fingerprint density at radius 2 is 2.23 bits per heavy atom. The molecule has 0 aliphatic carbocycles. The molecule has 2 N–H and O–H groups in total. The molecule has 1 heterocycles. The Morgan fingerprint density at radius 3 is 2.85 bits per heavy atom. The van der Waals surface area contributed by atoms with Crippen molar-refractivity contribution in [2.45, 2.75) is 9.68 Å². The van der Waals surface area contributed by atoms with E-state index in [1.807, 2.05) is 11.8 Å². The monoisotopic (exact) mass is 606 g/mol. The van der Waals surface area contributed by atoms with Gasteiger partial charge in [-0.2, -0.15) is 0 Å². The second kappa shape index (κ2) is 17.1. The third kappa shape index (κ3) is 13.3. The van der Waals surface area contributed by atoms with E-state index in [2.05, 4.69) is 17.5 Å². The van der Waals surface area contributed by atoms with Crippen LogP contribution in [-0.4, -0.2) is 19.3 Å². The van der Waals surface area contributed by atoms with Gasteiger partial charge < -0.3 is 0 Å². The minimum absolute atomic E-state index is 0. The molecule has 0 aromatic carbocycles. The fourth-order valence-corrected chi connectivity index (χ4v) is 7.28. The van der Waals surface area contributed by atoms with Gasteiger partial charge in [-0.1, -0.05) is 0 Å². The summed E-state index contributed by atoms with van der Waals surface area (Å²) >= 11 is 4.40. The summed E-state index contributed by atoms with van der Waals surface area (Å²) < 4.78 is 2.26. The molecule has 0 aromatic heterocycles. The Bertz CT molecular complexity index is 98.7. The second-order valence-electron chi connectivity index (χ2n) is 1.90. The van der Waals surface area contributed by atoms with E-state index in [0.29, 0.717) is 21.2 Å². The maximum absolute atomic E-state index is 5.61. The van der Waals surface area contributed by atoms with Crippen molar-refractivity contribution in [2.75, 3.05) is 16.1 Å². The van der Waals surface area contributed by atoms with Crippen LogP contribution < -0.4 is 78.3 Å². The average molecular weight is 606 g/mol. The normalized spacial score (nSPS) is 23.0.